The van der Waals surface area contributed by atoms with Crippen LogP contribution < -0.4 is 4.74 Å². The Morgan fingerprint density at radius 2 is 2.00 bits per heavy atom. The van der Waals surface area contributed by atoms with E-state index in [1.54, 1.807) is 31.3 Å². The van der Waals surface area contributed by atoms with Crippen molar-refractivity contribution in [1.82, 2.24) is 20.1 Å². The fourth-order valence-electron chi connectivity index (χ4n) is 2.33. The number of nitrogens with one attached hydrogen (secondary N) is 1. The monoisotopic (exact) mass is 322 g/mol. The minimum atomic E-state index is -0.137. The van der Waals surface area contributed by atoms with E-state index < -0.39 is 0 Å². The maximum Gasteiger partial charge on any atom is 0.271 e. The van der Waals surface area contributed by atoms with Gasteiger partial charge in [-0.1, -0.05) is 30.3 Å². The van der Waals surface area contributed by atoms with Gasteiger partial charge in [-0.25, -0.2) is 0 Å². The summed E-state index contributed by atoms with van der Waals surface area (Å²) in [7, 11) is 3.33. The molecule has 1 N–H and O–H groups in total. The van der Waals surface area contributed by atoms with Gasteiger partial charge < -0.3 is 9.64 Å². The van der Waals surface area contributed by atoms with Crippen molar-refractivity contribution in [2.45, 2.75) is 6.54 Å². The largest absolute Gasteiger partial charge is 0.495 e. The molecule has 3 aromatic rings. The first-order valence-electron chi connectivity index (χ1n) is 7.52. The van der Waals surface area contributed by atoms with Crippen molar-refractivity contribution in [3.63, 3.8) is 0 Å². The molecule has 0 atom stereocenters. The number of hydrogen-bond acceptors (Lipinski definition) is 4. The summed E-state index contributed by atoms with van der Waals surface area (Å²) in [5.41, 5.74) is 2.95. The quantitative estimate of drug-likeness (QED) is 0.784. The van der Waals surface area contributed by atoms with Crippen LogP contribution in [0.25, 0.3) is 11.3 Å². The zero-order valence-electron chi connectivity index (χ0n) is 13.6. The third-order valence-electron chi connectivity index (χ3n) is 3.66. The van der Waals surface area contributed by atoms with Gasteiger partial charge in [0.1, 0.15) is 11.4 Å². The number of pyridine rings is 1. The van der Waals surface area contributed by atoms with Gasteiger partial charge in [0.25, 0.3) is 5.91 Å². The molecule has 2 heterocycles. The van der Waals surface area contributed by atoms with Crippen LogP contribution in [0.5, 0.6) is 5.75 Å². The SMILES string of the molecule is COc1ccc(CN(C)C(=O)c2cc(-c3ccccc3)n[nH]2)nc1. The summed E-state index contributed by atoms with van der Waals surface area (Å²) < 4.78 is 5.08. The third-order valence-corrected chi connectivity index (χ3v) is 3.66. The standard InChI is InChI=1S/C18H18N4O2/c1-22(12-14-8-9-15(24-2)11-19-14)18(23)17-10-16(20-21-17)13-6-4-3-5-7-13/h3-11H,12H2,1-2H3,(H,20,21). The lowest BCUT2D eigenvalue weighted by molar-refractivity contribution is 0.0777. The van der Waals surface area contributed by atoms with E-state index in [2.05, 4.69) is 15.2 Å². The highest BCUT2D eigenvalue weighted by atomic mass is 16.5. The van der Waals surface area contributed by atoms with E-state index in [-0.39, 0.29) is 5.91 Å². The zero-order chi connectivity index (χ0) is 16.9. The third kappa shape index (κ3) is 3.43. The number of carbonyl (C=O) groups is 1. The van der Waals surface area contributed by atoms with E-state index >= 15 is 0 Å². The van der Waals surface area contributed by atoms with Crippen molar-refractivity contribution in [3.05, 3.63) is 66.1 Å². The molecule has 0 fully saturated rings. The number of ether oxygens (including phenoxy) is 1. The van der Waals surface area contributed by atoms with Crippen molar-refractivity contribution in [1.29, 1.82) is 0 Å². The second-order valence-corrected chi connectivity index (χ2v) is 5.38. The normalized spacial score (nSPS) is 10.4. The molecule has 0 unspecified atom stereocenters. The van der Waals surface area contributed by atoms with E-state index in [4.69, 9.17) is 4.74 Å². The first-order chi connectivity index (χ1) is 11.7. The molecule has 0 bridgehead atoms. The minimum Gasteiger partial charge on any atom is -0.495 e. The summed E-state index contributed by atoms with van der Waals surface area (Å²) in [5, 5.41) is 7.02. The van der Waals surface area contributed by atoms with Gasteiger partial charge in [0.2, 0.25) is 0 Å². The van der Waals surface area contributed by atoms with Gasteiger partial charge in [-0.05, 0) is 18.2 Å². The molecule has 2 aromatic heterocycles. The lowest BCUT2D eigenvalue weighted by Crippen LogP contribution is -2.26. The summed E-state index contributed by atoms with van der Waals surface area (Å²) in [6, 6.07) is 15.1. The maximum atomic E-state index is 12.5. The van der Waals surface area contributed by atoms with Crippen LogP contribution in [0.1, 0.15) is 16.2 Å². The van der Waals surface area contributed by atoms with Crippen LogP contribution in [-0.4, -0.2) is 40.1 Å². The molecule has 0 radical (unpaired) electrons. The molecular formula is C18H18N4O2. The number of amides is 1. The Morgan fingerprint density at radius 1 is 1.21 bits per heavy atom. The molecule has 6 heteroatoms. The highest BCUT2D eigenvalue weighted by Gasteiger charge is 2.16. The Morgan fingerprint density at radius 3 is 2.67 bits per heavy atom. The van der Waals surface area contributed by atoms with E-state index in [1.807, 2.05) is 42.5 Å². The van der Waals surface area contributed by atoms with Crippen LogP contribution in [0.2, 0.25) is 0 Å². The molecule has 1 aromatic carbocycles. The minimum absolute atomic E-state index is 0.137. The Kier molecular flexibility index (Phi) is 4.56. The van der Waals surface area contributed by atoms with E-state index in [0.717, 1.165) is 17.0 Å². The maximum absolute atomic E-state index is 12.5. The molecule has 6 nitrogen and oxygen atoms in total. The number of rotatable bonds is 5. The number of hydrogen-bond donors (Lipinski definition) is 1. The van der Waals surface area contributed by atoms with Gasteiger partial charge in [0, 0.05) is 12.6 Å². The summed E-state index contributed by atoms with van der Waals surface area (Å²) in [6.45, 7) is 0.405. The summed E-state index contributed by atoms with van der Waals surface area (Å²) in [6.07, 6.45) is 1.64. The summed E-state index contributed by atoms with van der Waals surface area (Å²) in [4.78, 5) is 18.4. The molecular weight excluding hydrogens is 304 g/mol. The average molecular weight is 322 g/mol. The molecule has 0 spiro atoms. The average Bonchev–Trinajstić information content (AvgIpc) is 3.12. The predicted octanol–water partition coefficient (Wildman–Crippen LogP) is 2.75. The van der Waals surface area contributed by atoms with Crippen LogP contribution in [0, 0.1) is 0 Å². The van der Waals surface area contributed by atoms with Crippen LogP contribution in [0.15, 0.2) is 54.7 Å². The van der Waals surface area contributed by atoms with Gasteiger partial charge in [-0.2, -0.15) is 5.10 Å². The first kappa shape index (κ1) is 15.7. The Bertz CT molecular complexity index is 813. The van der Waals surface area contributed by atoms with Gasteiger partial charge in [0.05, 0.1) is 31.2 Å². The molecule has 24 heavy (non-hydrogen) atoms. The van der Waals surface area contributed by atoms with Crippen molar-refractivity contribution in [3.8, 4) is 17.0 Å². The Labute approximate surface area is 140 Å². The summed E-state index contributed by atoms with van der Waals surface area (Å²) >= 11 is 0. The highest BCUT2D eigenvalue weighted by molar-refractivity contribution is 5.93. The number of aromatic nitrogens is 3. The molecule has 122 valence electrons. The first-order valence-corrected chi connectivity index (χ1v) is 7.52. The number of methoxy groups -OCH3 is 1. The predicted molar refractivity (Wildman–Crippen MR) is 90.6 cm³/mol. The number of H-pyrrole nitrogens is 1. The van der Waals surface area contributed by atoms with Crippen molar-refractivity contribution >= 4 is 5.91 Å². The smallest absolute Gasteiger partial charge is 0.271 e. The van der Waals surface area contributed by atoms with E-state index in [0.29, 0.717) is 18.0 Å². The van der Waals surface area contributed by atoms with Crippen molar-refractivity contribution < 1.29 is 9.53 Å². The van der Waals surface area contributed by atoms with Gasteiger partial charge in [-0.3, -0.25) is 14.9 Å². The van der Waals surface area contributed by atoms with Crippen molar-refractivity contribution in [2.75, 3.05) is 14.2 Å². The highest BCUT2D eigenvalue weighted by Crippen LogP contribution is 2.18. The fourth-order valence-corrected chi connectivity index (χ4v) is 2.33. The lowest BCUT2D eigenvalue weighted by Gasteiger charge is -2.15. The van der Waals surface area contributed by atoms with Crippen LogP contribution in [0.3, 0.4) is 0 Å². The van der Waals surface area contributed by atoms with Crippen LogP contribution in [-0.2, 0) is 6.54 Å². The van der Waals surface area contributed by atoms with Gasteiger partial charge >= 0.3 is 0 Å². The molecule has 1 amide bonds. The number of benzene rings is 1. The van der Waals surface area contributed by atoms with Crippen molar-refractivity contribution in [2.24, 2.45) is 0 Å². The second-order valence-electron chi connectivity index (χ2n) is 5.38. The van der Waals surface area contributed by atoms with E-state index in [1.165, 1.54) is 0 Å². The van der Waals surface area contributed by atoms with Crippen LogP contribution in [0.4, 0.5) is 0 Å². The molecule has 0 aliphatic heterocycles. The van der Waals surface area contributed by atoms with Gasteiger partial charge in [-0.15, -0.1) is 0 Å². The Hall–Kier alpha value is -3.15. The summed E-state index contributed by atoms with van der Waals surface area (Å²) in [5.74, 6) is 0.552. The topological polar surface area (TPSA) is 71.1 Å². The lowest BCUT2D eigenvalue weighted by atomic mass is 10.1. The van der Waals surface area contributed by atoms with Gasteiger partial charge in [0.15, 0.2) is 0 Å². The van der Waals surface area contributed by atoms with Crippen LogP contribution >= 0.6 is 0 Å². The Balaban J connectivity index is 1.70. The number of aromatic amines is 1. The molecule has 3 rings (SSSR count). The molecule has 0 saturated carbocycles. The molecule has 0 aliphatic carbocycles. The zero-order valence-corrected chi connectivity index (χ0v) is 13.6. The fraction of sp³-hybridized carbons (Fsp3) is 0.167. The van der Waals surface area contributed by atoms with E-state index in [9.17, 15) is 4.79 Å². The number of nitrogens with zero attached hydrogens (tertiary/aromatic N) is 3. The molecule has 0 saturated heterocycles. The number of carbonyl (C=O) groups excluding carboxylic acids is 1. The second kappa shape index (κ2) is 6.95. The molecule has 0 aliphatic rings.